The van der Waals surface area contributed by atoms with Crippen LogP contribution in [0.15, 0.2) is 6.07 Å². The van der Waals surface area contributed by atoms with E-state index in [0.717, 1.165) is 6.42 Å². The molecule has 3 atom stereocenters. The maximum Gasteiger partial charge on any atom is 0.0804 e. The first kappa shape index (κ1) is 17.2. The Bertz CT molecular complexity index is 425. The maximum absolute atomic E-state index is 10.2. The molecule has 0 amide bonds. The van der Waals surface area contributed by atoms with Crippen molar-refractivity contribution >= 4 is 0 Å². The van der Waals surface area contributed by atoms with Crippen LogP contribution in [-0.4, -0.2) is 22.4 Å². The van der Waals surface area contributed by atoms with Gasteiger partial charge in [0.2, 0.25) is 0 Å². The molecule has 0 radical (unpaired) electrons. The molecule has 114 valence electrons. The van der Waals surface area contributed by atoms with Crippen LogP contribution in [0.5, 0.6) is 0 Å². The van der Waals surface area contributed by atoms with Gasteiger partial charge in [-0.2, -0.15) is 0 Å². The third-order valence-corrected chi connectivity index (χ3v) is 4.54. The molecular formula is C18H30O2. The maximum atomic E-state index is 10.2. The van der Waals surface area contributed by atoms with Gasteiger partial charge in [0.1, 0.15) is 0 Å². The lowest BCUT2D eigenvalue weighted by Crippen LogP contribution is -2.27. The molecule has 1 rings (SSSR count). The van der Waals surface area contributed by atoms with Gasteiger partial charge in [-0.05, 0) is 74.3 Å². The van der Waals surface area contributed by atoms with Crippen LogP contribution in [0.3, 0.4) is 0 Å². The normalized spacial score (nSPS) is 16.0. The molecule has 0 saturated heterocycles. The fourth-order valence-corrected chi connectivity index (χ4v) is 3.11. The average molecular weight is 278 g/mol. The summed E-state index contributed by atoms with van der Waals surface area (Å²) in [6, 6.07) is 2.23. The minimum absolute atomic E-state index is 0.259. The van der Waals surface area contributed by atoms with Crippen LogP contribution in [0, 0.1) is 27.7 Å². The zero-order valence-corrected chi connectivity index (χ0v) is 13.8. The van der Waals surface area contributed by atoms with E-state index in [9.17, 15) is 10.2 Å². The number of rotatable bonds is 6. The van der Waals surface area contributed by atoms with Crippen molar-refractivity contribution in [1.29, 1.82) is 0 Å². The van der Waals surface area contributed by atoms with Gasteiger partial charge in [-0.1, -0.05) is 26.3 Å². The van der Waals surface area contributed by atoms with Crippen molar-refractivity contribution in [2.75, 3.05) is 0 Å². The summed E-state index contributed by atoms with van der Waals surface area (Å²) in [4.78, 5) is 0. The highest BCUT2D eigenvalue weighted by Gasteiger charge is 2.22. The van der Waals surface area contributed by atoms with E-state index in [1.807, 2.05) is 6.92 Å². The van der Waals surface area contributed by atoms with Gasteiger partial charge in [-0.15, -0.1) is 0 Å². The van der Waals surface area contributed by atoms with Crippen LogP contribution >= 0.6 is 0 Å². The molecule has 2 heteroatoms. The molecule has 0 spiro atoms. The van der Waals surface area contributed by atoms with Crippen LogP contribution in [-0.2, 0) is 0 Å². The lowest BCUT2D eigenvalue weighted by Gasteiger charge is -2.25. The molecule has 0 fully saturated rings. The second kappa shape index (κ2) is 7.24. The van der Waals surface area contributed by atoms with Crippen molar-refractivity contribution in [3.05, 3.63) is 33.9 Å². The number of hydrogen-bond donors (Lipinski definition) is 2. The van der Waals surface area contributed by atoms with E-state index in [4.69, 9.17) is 0 Å². The summed E-state index contributed by atoms with van der Waals surface area (Å²) in [5.74, 6) is 0.259. The summed E-state index contributed by atoms with van der Waals surface area (Å²) in [7, 11) is 0. The second-order valence-electron chi connectivity index (χ2n) is 6.23. The highest BCUT2D eigenvalue weighted by atomic mass is 16.3. The van der Waals surface area contributed by atoms with Crippen molar-refractivity contribution in [2.45, 2.75) is 78.9 Å². The van der Waals surface area contributed by atoms with Gasteiger partial charge in [-0.3, -0.25) is 0 Å². The first-order valence-electron chi connectivity index (χ1n) is 7.72. The zero-order valence-electron chi connectivity index (χ0n) is 13.8. The van der Waals surface area contributed by atoms with Crippen LogP contribution < -0.4 is 0 Å². The molecule has 20 heavy (non-hydrogen) atoms. The van der Waals surface area contributed by atoms with Gasteiger partial charge in [0, 0.05) is 0 Å². The van der Waals surface area contributed by atoms with E-state index >= 15 is 0 Å². The number of aliphatic hydroxyl groups is 2. The fourth-order valence-electron chi connectivity index (χ4n) is 3.11. The highest BCUT2D eigenvalue weighted by Crippen LogP contribution is 2.31. The fraction of sp³-hybridized carbons (Fsp3) is 0.667. The Hall–Kier alpha value is -0.860. The number of aryl methyl sites for hydroxylation is 2. The second-order valence-corrected chi connectivity index (χ2v) is 6.23. The Labute approximate surface area is 123 Å². The Morgan fingerprint density at radius 2 is 1.45 bits per heavy atom. The van der Waals surface area contributed by atoms with Gasteiger partial charge in [-0.25, -0.2) is 0 Å². The summed E-state index contributed by atoms with van der Waals surface area (Å²) in [6.45, 7) is 12.8. The van der Waals surface area contributed by atoms with Gasteiger partial charge in [0.15, 0.2) is 0 Å². The van der Waals surface area contributed by atoms with Gasteiger partial charge < -0.3 is 10.2 Å². The summed E-state index contributed by atoms with van der Waals surface area (Å²) in [5.41, 5.74) is 6.58. The highest BCUT2D eigenvalue weighted by molar-refractivity contribution is 5.45. The Kier molecular flexibility index (Phi) is 6.22. The quantitative estimate of drug-likeness (QED) is 0.827. The van der Waals surface area contributed by atoms with Gasteiger partial charge in [0.05, 0.1) is 12.2 Å². The minimum Gasteiger partial charge on any atom is -0.390 e. The van der Waals surface area contributed by atoms with E-state index in [0.29, 0.717) is 12.8 Å². The van der Waals surface area contributed by atoms with Crippen LogP contribution in [0.2, 0.25) is 0 Å². The number of hydrogen-bond acceptors (Lipinski definition) is 2. The molecule has 0 aliphatic carbocycles. The zero-order chi connectivity index (χ0) is 15.4. The molecule has 2 nitrogen and oxygen atoms in total. The molecule has 0 aliphatic heterocycles. The lowest BCUT2D eigenvalue weighted by atomic mass is 9.83. The van der Waals surface area contributed by atoms with Crippen molar-refractivity contribution in [3.8, 4) is 0 Å². The Morgan fingerprint density at radius 1 is 0.950 bits per heavy atom. The van der Waals surface area contributed by atoms with E-state index in [1.165, 1.54) is 27.8 Å². The molecule has 0 heterocycles. The standard InChI is InChI=1S/C18H30O2/c1-7-8-16(19)17(20)10-13(4)18-14(5)11(2)9-12(3)15(18)6/h9,13,16-17,19-20H,7-8,10H2,1-6H3. The summed E-state index contributed by atoms with van der Waals surface area (Å²) in [5, 5.41) is 20.1. The lowest BCUT2D eigenvalue weighted by molar-refractivity contribution is 0.00632. The van der Waals surface area contributed by atoms with Gasteiger partial charge in [0.25, 0.3) is 0 Å². The third-order valence-electron chi connectivity index (χ3n) is 4.54. The summed E-state index contributed by atoms with van der Waals surface area (Å²) >= 11 is 0. The molecular weight excluding hydrogens is 248 g/mol. The first-order chi connectivity index (χ1) is 9.29. The molecule has 0 saturated carbocycles. The molecule has 0 aliphatic rings. The van der Waals surface area contributed by atoms with E-state index < -0.39 is 12.2 Å². The monoisotopic (exact) mass is 278 g/mol. The van der Waals surface area contributed by atoms with Crippen LogP contribution in [0.25, 0.3) is 0 Å². The molecule has 1 aromatic carbocycles. The van der Waals surface area contributed by atoms with E-state index in [-0.39, 0.29) is 5.92 Å². The van der Waals surface area contributed by atoms with Crippen molar-refractivity contribution < 1.29 is 10.2 Å². The van der Waals surface area contributed by atoms with Crippen molar-refractivity contribution in [3.63, 3.8) is 0 Å². The van der Waals surface area contributed by atoms with Gasteiger partial charge >= 0.3 is 0 Å². The van der Waals surface area contributed by atoms with Crippen molar-refractivity contribution in [2.24, 2.45) is 0 Å². The molecule has 0 bridgehead atoms. The van der Waals surface area contributed by atoms with Crippen molar-refractivity contribution in [1.82, 2.24) is 0 Å². The first-order valence-corrected chi connectivity index (χ1v) is 7.72. The Balaban J connectivity index is 2.95. The predicted octanol–water partition coefficient (Wildman–Crippen LogP) is 3.94. The summed E-state index contributed by atoms with van der Waals surface area (Å²) < 4.78 is 0. The predicted molar refractivity (Wildman–Crippen MR) is 85.3 cm³/mol. The third kappa shape index (κ3) is 3.83. The number of benzene rings is 1. The largest absolute Gasteiger partial charge is 0.390 e. The average Bonchev–Trinajstić information content (AvgIpc) is 2.37. The van der Waals surface area contributed by atoms with Crippen LogP contribution in [0.1, 0.15) is 66.8 Å². The van der Waals surface area contributed by atoms with E-state index in [1.54, 1.807) is 0 Å². The topological polar surface area (TPSA) is 40.5 Å². The SMILES string of the molecule is CCCC(O)C(O)CC(C)c1c(C)c(C)cc(C)c1C. The molecule has 0 aromatic heterocycles. The smallest absolute Gasteiger partial charge is 0.0804 e. The number of aliphatic hydroxyl groups excluding tert-OH is 2. The Morgan fingerprint density at radius 3 is 1.90 bits per heavy atom. The van der Waals surface area contributed by atoms with Crippen LogP contribution in [0.4, 0.5) is 0 Å². The summed E-state index contributed by atoms with van der Waals surface area (Å²) in [6.07, 6.45) is 0.942. The molecule has 1 aromatic rings. The minimum atomic E-state index is -0.635. The molecule has 3 unspecified atom stereocenters. The van der Waals surface area contributed by atoms with E-state index in [2.05, 4.69) is 40.7 Å². The molecule has 2 N–H and O–H groups in total.